The molecule has 0 aromatic heterocycles. The summed E-state index contributed by atoms with van der Waals surface area (Å²) in [5, 5.41) is 3.70. The van der Waals surface area contributed by atoms with Crippen LogP contribution in [0.5, 0.6) is 0 Å². The first-order chi connectivity index (χ1) is 7.90. The lowest BCUT2D eigenvalue weighted by atomic mass is 9.97. The minimum Gasteiger partial charge on any atom is -0.314 e. The summed E-state index contributed by atoms with van der Waals surface area (Å²) in [4.78, 5) is 2.68. The molecule has 2 atom stereocenters. The largest absolute Gasteiger partial charge is 0.314 e. The van der Waals surface area contributed by atoms with Gasteiger partial charge in [0.1, 0.15) is 0 Å². The Hall–Kier alpha value is -0.520. The summed E-state index contributed by atoms with van der Waals surface area (Å²) in [6.07, 6.45) is 14.1. The molecule has 2 heteroatoms. The molecule has 0 spiro atoms. The van der Waals surface area contributed by atoms with Gasteiger partial charge in [0.25, 0.3) is 0 Å². The number of hydrogen-bond acceptors (Lipinski definition) is 2. The van der Waals surface area contributed by atoms with E-state index in [0.717, 1.165) is 25.0 Å². The maximum Gasteiger partial charge on any atom is 0.0111 e. The molecule has 2 saturated heterocycles. The molecule has 0 saturated carbocycles. The van der Waals surface area contributed by atoms with Crippen LogP contribution in [0.4, 0.5) is 0 Å². The molecule has 2 heterocycles. The number of hydrogen-bond donors (Lipinski definition) is 1. The van der Waals surface area contributed by atoms with Gasteiger partial charge < -0.3 is 10.2 Å². The van der Waals surface area contributed by atoms with Crippen LogP contribution in [-0.2, 0) is 0 Å². The highest BCUT2D eigenvalue weighted by Crippen LogP contribution is 2.26. The van der Waals surface area contributed by atoms with Crippen molar-refractivity contribution >= 4 is 0 Å². The van der Waals surface area contributed by atoms with Crippen molar-refractivity contribution in [1.29, 1.82) is 0 Å². The Balaban J connectivity index is 1.58. The van der Waals surface area contributed by atoms with E-state index in [4.69, 9.17) is 6.42 Å². The molecular formula is C14H24N2. The third kappa shape index (κ3) is 3.23. The number of unbranched alkanes of at least 4 members (excludes halogenated alkanes) is 2. The van der Waals surface area contributed by atoms with E-state index < -0.39 is 0 Å². The van der Waals surface area contributed by atoms with E-state index in [1.165, 1.54) is 51.6 Å². The first-order valence-corrected chi connectivity index (χ1v) is 6.81. The number of nitrogens with one attached hydrogen (secondary N) is 1. The molecule has 16 heavy (non-hydrogen) atoms. The van der Waals surface area contributed by atoms with Gasteiger partial charge in [-0.25, -0.2) is 0 Å². The minimum absolute atomic E-state index is 0.769. The van der Waals surface area contributed by atoms with Crippen molar-refractivity contribution < 1.29 is 0 Å². The third-order valence-electron chi connectivity index (χ3n) is 4.00. The van der Waals surface area contributed by atoms with Crippen molar-refractivity contribution in [2.45, 2.75) is 57.0 Å². The highest BCUT2D eigenvalue weighted by atomic mass is 15.2. The van der Waals surface area contributed by atoms with Crippen LogP contribution in [0.1, 0.15) is 44.9 Å². The summed E-state index contributed by atoms with van der Waals surface area (Å²) in [7, 11) is 0. The minimum atomic E-state index is 0.769. The monoisotopic (exact) mass is 220 g/mol. The molecule has 2 rings (SSSR count). The smallest absolute Gasteiger partial charge is 0.0111 e. The molecule has 1 N–H and O–H groups in total. The molecule has 90 valence electrons. The Morgan fingerprint density at radius 3 is 3.06 bits per heavy atom. The van der Waals surface area contributed by atoms with Gasteiger partial charge in [0.05, 0.1) is 0 Å². The van der Waals surface area contributed by atoms with Crippen molar-refractivity contribution in [3.8, 4) is 12.3 Å². The zero-order valence-electron chi connectivity index (χ0n) is 10.3. The molecule has 0 bridgehead atoms. The lowest BCUT2D eigenvalue weighted by Gasteiger charge is -2.35. The van der Waals surface area contributed by atoms with E-state index >= 15 is 0 Å². The van der Waals surface area contributed by atoms with Gasteiger partial charge in [-0.2, -0.15) is 0 Å². The second-order valence-corrected chi connectivity index (χ2v) is 5.17. The number of terminal acetylenes is 1. The van der Waals surface area contributed by atoms with Crippen LogP contribution in [0.15, 0.2) is 0 Å². The van der Waals surface area contributed by atoms with Crippen LogP contribution in [0.25, 0.3) is 0 Å². The zero-order valence-corrected chi connectivity index (χ0v) is 10.3. The number of piperidine rings is 1. The molecule has 2 aliphatic heterocycles. The fraction of sp³-hybridized carbons (Fsp3) is 0.857. The molecule has 2 aliphatic rings. The third-order valence-corrected chi connectivity index (χ3v) is 4.00. The topological polar surface area (TPSA) is 15.3 Å². The van der Waals surface area contributed by atoms with E-state index in [1.54, 1.807) is 0 Å². The van der Waals surface area contributed by atoms with Gasteiger partial charge >= 0.3 is 0 Å². The molecule has 2 unspecified atom stereocenters. The van der Waals surface area contributed by atoms with Crippen molar-refractivity contribution in [3.05, 3.63) is 0 Å². The van der Waals surface area contributed by atoms with E-state index in [-0.39, 0.29) is 0 Å². The van der Waals surface area contributed by atoms with E-state index in [2.05, 4.69) is 16.1 Å². The first-order valence-electron chi connectivity index (χ1n) is 6.81. The van der Waals surface area contributed by atoms with Crippen LogP contribution in [0.2, 0.25) is 0 Å². The predicted octanol–water partition coefficient (Wildman–Crippen LogP) is 2.01. The summed E-state index contributed by atoms with van der Waals surface area (Å²) in [6, 6.07) is 1.65. The zero-order chi connectivity index (χ0) is 11.2. The fourth-order valence-electron chi connectivity index (χ4n) is 3.07. The summed E-state index contributed by atoms with van der Waals surface area (Å²) < 4.78 is 0. The lowest BCUT2D eigenvalue weighted by Crippen LogP contribution is -2.45. The quantitative estimate of drug-likeness (QED) is 0.563. The first kappa shape index (κ1) is 12.0. The molecule has 2 nitrogen and oxygen atoms in total. The molecule has 0 amide bonds. The van der Waals surface area contributed by atoms with Crippen LogP contribution in [-0.4, -0.2) is 36.6 Å². The van der Waals surface area contributed by atoms with Crippen molar-refractivity contribution in [3.63, 3.8) is 0 Å². The maximum absolute atomic E-state index is 5.24. The highest BCUT2D eigenvalue weighted by molar-refractivity contribution is 4.89. The van der Waals surface area contributed by atoms with Crippen LogP contribution in [0.3, 0.4) is 0 Å². The SMILES string of the molecule is C#CCCCCNC1CCN2CCCC2C1. The number of rotatable bonds is 5. The Bertz CT molecular complexity index is 244. The van der Waals surface area contributed by atoms with E-state index in [0.29, 0.717) is 0 Å². The van der Waals surface area contributed by atoms with Gasteiger partial charge in [-0.1, -0.05) is 0 Å². The van der Waals surface area contributed by atoms with Crippen LogP contribution < -0.4 is 5.32 Å². The van der Waals surface area contributed by atoms with Gasteiger partial charge in [-0.3, -0.25) is 0 Å². The Morgan fingerprint density at radius 1 is 1.25 bits per heavy atom. The Morgan fingerprint density at radius 2 is 2.19 bits per heavy atom. The van der Waals surface area contributed by atoms with Crippen molar-refractivity contribution in [2.75, 3.05) is 19.6 Å². The second-order valence-electron chi connectivity index (χ2n) is 5.17. The van der Waals surface area contributed by atoms with Crippen molar-refractivity contribution in [2.24, 2.45) is 0 Å². The fourth-order valence-corrected chi connectivity index (χ4v) is 3.07. The Kier molecular flexibility index (Phi) is 4.69. The normalized spacial score (nSPS) is 29.9. The van der Waals surface area contributed by atoms with Gasteiger partial charge in [0.2, 0.25) is 0 Å². The van der Waals surface area contributed by atoms with E-state index in [1.807, 2.05) is 0 Å². The Labute approximate surface area is 99.8 Å². The molecular weight excluding hydrogens is 196 g/mol. The summed E-state index contributed by atoms with van der Waals surface area (Å²) in [5.41, 5.74) is 0. The molecule has 0 aromatic carbocycles. The van der Waals surface area contributed by atoms with Gasteiger partial charge in [-0.05, 0) is 58.2 Å². The maximum atomic E-state index is 5.24. The molecule has 0 aliphatic carbocycles. The predicted molar refractivity (Wildman–Crippen MR) is 68.3 cm³/mol. The van der Waals surface area contributed by atoms with E-state index in [9.17, 15) is 0 Å². The second kappa shape index (κ2) is 6.27. The average Bonchev–Trinajstić information content (AvgIpc) is 2.76. The molecule has 0 radical (unpaired) electrons. The average molecular weight is 220 g/mol. The van der Waals surface area contributed by atoms with Crippen LogP contribution in [0, 0.1) is 12.3 Å². The summed E-state index contributed by atoms with van der Waals surface area (Å²) in [6.45, 7) is 3.81. The standard InChI is InChI=1S/C14H24N2/c1-2-3-4-5-9-15-13-8-11-16-10-6-7-14(16)12-13/h1,13-15H,3-12H2. The van der Waals surface area contributed by atoms with Gasteiger partial charge in [0.15, 0.2) is 0 Å². The highest BCUT2D eigenvalue weighted by Gasteiger charge is 2.31. The van der Waals surface area contributed by atoms with Crippen LogP contribution >= 0.6 is 0 Å². The summed E-state index contributed by atoms with van der Waals surface area (Å²) in [5.74, 6) is 2.70. The molecule has 2 fully saturated rings. The number of nitrogens with zero attached hydrogens (tertiary/aromatic N) is 1. The summed E-state index contributed by atoms with van der Waals surface area (Å²) >= 11 is 0. The van der Waals surface area contributed by atoms with Gasteiger partial charge in [0, 0.05) is 18.5 Å². The molecule has 0 aromatic rings. The lowest BCUT2D eigenvalue weighted by molar-refractivity contribution is 0.167. The van der Waals surface area contributed by atoms with Crippen molar-refractivity contribution in [1.82, 2.24) is 10.2 Å². The van der Waals surface area contributed by atoms with Gasteiger partial charge in [-0.15, -0.1) is 12.3 Å². The number of fused-ring (bicyclic) bond motifs is 1.